The van der Waals surface area contributed by atoms with E-state index in [2.05, 4.69) is 4.74 Å². The van der Waals surface area contributed by atoms with Crippen molar-refractivity contribution in [3.05, 3.63) is 11.3 Å². The zero-order valence-electron chi connectivity index (χ0n) is 8.09. The Hall–Kier alpha value is -1.50. The van der Waals surface area contributed by atoms with Gasteiger partial charge in [0.25, 0.3) is 0 Å². The summed E-state index contributed by atoms with van der Waals surface area (Å²) >= 11 is 0. The summed E-state index contributed by atoms with van der Waals surface area (Å²) in [7, 11) is 1.43. The first kappa shape index (κ1) is 11.5. The van der Waals surface area contributed by atoms with Crippen LogP contribution in [0.15, 0.2) is 11.3 Å². The van der Waals surface area contributed by atoms with Crippen molar-refractivity contribution in [1.29, 1.82) is 5.26 Å². The first-order valence-corrected chi connectivity index (χ1v) is 4.05. The molecule has 4 heteroatoms. The van der Waals surface area contributed by atoms with Gasteiger partial charge in [0.1, 0.15) is 11.8 Å². The SMILES string of the molecule is CCOC(=O)/C(C#N)=C(/CC)OC. The van der Waals surface area contributed by atoms with E-state index in [-0.39, 0.29) is 12.2 Å². The van der Waals surface area contributed by atoms with Crippen molar-refractivity contribution < 1.29 is 14.3 Å². The van der Waals surface area contributed by atoms with Crippen LogP contribution in [-0.2, 0) is 14.3 Å². The van der Waals surface area contributed by atoms with Gasteiger partial charge in [0.15, 0.2) is 5.57 Å². The van der Waals surface area contributed by atoms with E-state index in [0.29, 0.717) is 12.2 Å². The second-order valence-electron chi connectivity index (χ2n) is 2.19. The standard InChI is InChI=1S/C9H13NO3/c1-4-8(12-3)7(6-10)9(11)13-5-2/h4-5H2,1-3H3/b8-7-. The highest BCUT2D eigenvalue weighted by Gasteiger charge is 2.15. The fourth-order valence-electron chi connectivity index (χ4n) is 0.848. The van der Waals surface area contributed by atoms with Crippen LogP contribution in [0.2, 0.25) is 0 Å². The highest BCUT2D eigenvalue weighted by molar-refractivity contribution is 5.93. The molecule has 0 saturated carbocycles. The largest absolute Gasteiger partial charge is 0.499 e. The van der Waals surface area contributed by atoms with Crippen molar-refractivity contribution in [2.45, 2.75) is 20.3 Å². The second-order valence-corrected chi connectivity index (χ2v) is 2.19. The summed E-state index contributed by atoms with van der Waals surface area (Å²) in [6, 6.07) is 1.77. The minimum absolute atomic E-state index is 0.0492. The molecular formula is C9H13NO3. The van der Waals surface area contributed by atoms with E-state index >= 15 is 0 Å². The predicted octanol–water partition coefficient (Wildman–Crippen LogP) is 1.38. The van der Waals surface area contributed by atoms with Gasteiger partial charge in [-0.05, 0) is 6.92 Å². The van der Waals surface area contributed by atoms with Gasteiger partial charge >= 0.3 is 5.97 Å². The first-order valence-electron chi connectivity index (χ1n) is 4.05. The Labute approximate surface area is 77.8 Å². The van der Waals surface area contributed by atoms with E-state index < -0.39 is 5.97 Å². The van der Waals surface area contributed by atoms with Crippen LogP contribution in [0.25, 0.3) is 0 Å². The number of nitrogens with zero attached hydrogens (tertiary/aromatic N) is 1. The van der Waals surface area contributed by atoms with Crippen molar-refractivity contribution >= 4 is 5.97 Å². The topological polar surface area (TPSA) is 59.3 Å². The highest BCUT2D eigenvalue weighted by Crippen LogP contribution is 2.10. The van der Waals surface area contributed by atoms with Crippen LogP contribution in [0.1, 0.15) is 20.3 Å². The van der Waals surface area contributed by atoms with Crippen LogP contribution < -0.4 is 0 Å². The number of carbonyl (C=O) groups excluding carboxylic acids is 1. The molecule has 0 saturated heterocycles. The van der Waals surface area contributed by atoms with Gasteiger partial charge in [-0.1, -0.05) is 6.92 Å². The van der Waals surface area contributed by atoms with Gasteiger partial charge in [-0.25, -0.2) is 4.79 Å². The predicted molar refractivity (Wildman–Crippen MR) is 46.6 cm³/mol. The van der Waals surface area contributed by atoms with Gasteiger partial charge in [-0.3, -0.25) is 0 Å². The number of hydrogen-bond donors (Lipinski definition) is 0. The van der Waals surface area contributed by atoms with Crippen LogP contribution in [0.5, 0.6) is 0 Å². The Morgan fingerprint density at radius 1 is 1.46 bits per heavy atom. The lowest BCUT2D eigenvalue weighted by atomic mass is 10.2. The van der Waals surface area contributed by atoms with Gasteiger partial charge in [0, 0.05) is 6.42 Å². The third kappa shape index (κ3) is 3.16. The maximum Gasteiger partial charge on any atom is 0.352 e. The average Bonchev–Trinajstić information content (AvgIpc) is 2.14. The third-order valence-electron chi connectivity index (χ3n) is 1.44. The summed E-state index contributed by atoms with van der Waals surface area (Å²) in [5.41, 5.74) is -0.0492. The normalized spacial score (nSPS) is 11.2. The van der Waals surface area contributed by atoms with E-state index in [1.807, 2.05) is 0 Å². The fourth-order valence-corrected chi connectivity index (χ4v) is 0.848. The molecule has 0 aliphatic heterocycles. The van der Waals surface area contributed by atoms with Gasteiger partial charge < -0.3 is 9.47 Å². The lowest BCUT2D eigenvalue weighted by Crippen LogP contribution is -2.09. The number of ether oxygens (including phenoxy) is 2. The number of rotatable bonds is 4. The Morgan fingerprint density at radius 2 is 2.08 bits per heavy atom. The molecule has 0 unspecified atom stereocenters. The molecule has 4 nitrogen and oxygen atoms in total. The number of methoxy groups -OCH3 is 1. The number of hydrogen-bond acceptors (Lipinski definition) is 4. The van der Waals surface area contributed by atoms with Crippen molar-refractivity contribution in [2.24, 2.45) is 0 Å². The Bertz CT molecular complexity index is 244. The number of esters is 1. The molecule has 0 atom stereocenters. The first-order chi connectivity index (χ1) is 6.21. The zero-order chi connectivity index (χ0) is 10.3. The molecule has 0 rings (SSSR count). The molecule has 72 valence electrons. The molecule has 0 spiro atoms. The molecule has 0 N–H and O–H groups in total. The molecule has 0 aromatic carbocycles. The van der Waals surface area contributed by atoms with E-state index in [1.54, 1.807) is 19.9 Å². The molecule has 0 amide bonds. The number of nitriles is 1. The fraction of sp³-hybridized carbons (Fsp3) is 0.556. The smallest absolute Gasteiger partial charge is 0.352 e. The van der Waals surface area contributed by atoms with Crippen LogP contribution in [0.4, 0.5) is 0 Å². The molecule has 13 heavy (non-hydrogen) atoms. The van der Waals surface area contributed by atoms with Gasteiger partial charge in [-0.2, -0.15) is 5.26 Å². The summed E-state index contributed by atoms with van der Waals surface area (Å²) in [5, 5.41) is 8.67. The number of carbonyl (C=O) groups is 1. The van der Waals surface area contributed by atoms with Crippen LogP contribution >= 0.6 is 0 Å². The summed E-state index contributed by atoms with van der Waals surface area (Å²) in [6.45, 7) is 3.74. The summed E-state index contributed by atoms with van der Waals surface area (Å²) in [6.07, 6.45) is 0.498. The van der Waals surface area contributed by atoms with Crippen molar-refractivity contribution in [1.82, 2.24) is 0 Å². The molecule has 0 aromatic heterocycles. The highest BCUT2D eigenvalue weighted by atomic mass is 16.5. The van der Waals surface area contributed by atoms with Gasteiger partial charge in [-0.15, -0.1) is 0 Å². The Morgan fingerprint density at radius 3 is 2.38 bits per heavy atom. The van der Waals surface area contributed by atoms with Crippen LogP contribution in [0, 0.1) is 11.3 Å². The molecule has 0 heterocycles. The molecule has 0 aliphatic carbocycles. The molecule has 0 radical (unpaired) electrons. The van der Waals surface area contributed by atoms with Crippen LogP contribution in [0.3, 0.4) is 0 Å². The van der Waals surface area contributed by atoms with Gasteiger partial charge in [0.05, 0.1) is 13.7 Å². The maximum absolute atomic E-state index is 11.2. The molecular weight excluding hydrogens is 170 g/mol. The maximum atomic E-state index is 11.2. The average molecular weight is 183 g/mol. The van der Waals surface area contributed by atoms with E-state index in [9.17, 15) is 4.79 Å². The lowest BCUT2D eigenvalue weighted by Gasteiger charge is -2.05. The minimum atomic E-state index is -0.622. The lowest BCUT2D eigenvalue weighted by molar-refractivity contribution is -0.138. The van der Waals surface area contributed by atoms with Gasteiger partial charge in [0.2, 0.25) is 0 Å². The minimum Gasteiger partial charge on any atom is -0.499 e. The Balaban J connectivity index is 4.77. The number of allylic oxidation sites excluding steroid dienone is 1. The summed E-state index contributed by atoms with van der Waals surface area (Å²) in [4.78, 5) is 11.2. The third-order valence-corrected chi connectivity index (χ3v) is 1.44. The molecule has 0 aromatic rings. The molecule has 0 aliphatic rings. The van der Waals surface area contributed by atoms with E-state index in [0.717, 1.165) is 0 Å². The molecule has 0 bridgehead atoms. The second kappa shape index (κ2) is 6.06. The van der Waals surface area contributed by atoms with Crippen molar-refractivity contribution in [3.63, 3.8) is 0 Å². The summed E-state index contributed by atoms with van der Waals surface area (Å²) in [5.74, 6) is -0.260. The quantitative estimate of drug-likeness (QED) is 0.286. The van der Waals surface area contributed by atoms with E-state index in [1.165, 1.54) is 7.11 Å². The molecule has 0 fully saturated rings. The van der Waals surface area contributed by atoms with E-state index in [4.69, 9.17) is 10.00 Å². The van der Waals surface area contributed by atoms with Crippen molar-refractivity contribution in [2.75, 3.05) is 13.7 Å². The van der Waals surface area contributed by atoms with Crippen molar-refractivity contribution in [3.8, 4) is 6.07 Å². The monoisotopic (exact) mass is 183 g/mol. The summed E-state index contributed by atoms with van der Waals surface area (Å²) < 4.78 is 9.56. The Kier molecular flexibility index (Phi) is 5.37. The zero-order valence-corrected chi connectivity index (χ0v) is 8.09. The van der Waals surface area contributed by atoms with Crippen LogP contribution in [-0.4, -0.2) is 19.7 Å².